The van der Waals surface area contributed by atoms with Gasteiger partial charge in [0.1, 0.15) is 11.5 Å². The average Bonchev–Trinajstić information content (AvgIpc) is 3.43. The maximum Gasteiger partial charge on any atom is 0.379 e. The normalized spacial score (nSPS) is 17.0. The molecule has 1 aliphatic rings. The number of aliphatic imine (C=N–C) groups is 1. The van der Waals surface area contributed by atoms with Crippen molar-refractivity contribution in [3.05, 3.63) is 107 Å². The van der Waals surface area contributed by atoms with Crippen molar-refractivity contribution >= 4 is 18.0 Å². The molecule has 0 aliphatic carbocycles. The molecule has 4 rings (SSSR count). The van der Waals surface area contributed by atoms with Gasteiger partial charge in [-0.25, -0.2) is 4.79 Å². The van der Waals surface area contributed by atoms with Gasteiger partial charge in [0, 0.05) is 22.9 Å². The van der Waals surface area contributed by atoms with Gasteiger partial charge in [0.05, 0.1) is 25.7 Å². The van der Waals surface area contributed by atoms with Crippen molar-refractivity contribution in [3.8, 4) is 11.5 Å². The minimum absolute atomic E-state index is 0.294. The number of methoxy groups -OCH3 is 2. The van der Waals surface area contributed by atoms with Crippen LogP contribution >= 0.6 is 0 Å². The molecule has 3 aromatic carbocycles. The number of carbonyl (C=O) groups is 2. The molecule has 40 heavy (non-hydrogen) atoms. The zero-order chi connectivity index (χ0) is 28.9. The molecule has 2 atom stereocenters. The lowest BCUT2D eigenvalue weighted by atomic mass is 9.72. The van der Waals surface area contributed by atoms with Crippen LogP contribution in [0.2, 0.25) is 0 Å². The van der Waals surface area contributed by atoms with Gasteiger partial charge < -0.3 is 14.6 Å². The van der Waals surface area contributed by atoms with E-state index in [-0.39, 0.29) is 5.78 Å². The van der Waals surface area contributed by atoms with Crippen molar-refractivity contribution in [1.29, 1.82) is 0 Å². The van der Waals surface area contributed by atoms with Crippen LogP contribution in [-0.4, -0.2) is 42.8 Å². The van der Waals surface area contributed by atoms with Gasteiger partial charge in [-0.1, -0.05) is 60.7 Å². The van der Waals surface area contributed by atoms with Crippen molar-refractivity contribution in [2.45, 2.75) is 43.6 Å². The second-order valence-corrected chi connectivity index (χ2v) is 9.77. The Labute approximate surface area is 232 Å². The highest BCUT2D eigenvalue weighted by molar-refractivity contribution is 6.03. The first-order valence-corrected chi connectivity index (χ1v) is 12.9. The first-order valence-electron chi connectivity index (χ1n) is 12.9. The van der Waals surface area contributed by atoms with E-state index in [1.165, 1.54) is 26.4 Å². The number of carboxylic acid groups (broad SMARTS) is 1. The second-order valence-electron chi connectivity index (χ2n) is 9.77. The number of ketones is 1. The van der Waals surface area contributed by atoms with Crippen molar-refractivity contribution in [1.82, 2.24) is 0 Å². The number of aliphatic carboxylic acids is 1. The molecule has 0 saturated carbocycles. The molecule has 1 N–H and O–H groups in total. The Bertz CT molecular complexity index is 1390. The van der Waals surface area contributed by atoms with Crippen LogP contribution in [0.4, 0.5) is 8.78 Å². The van der Waals surface area contributed by atoms with Gasteiger partial charge in [0.15, 0.2) is 5.78 Å². The molecule has 8 heteroatoms. The molecule has 0 aromatic heterocycles. The number of hydrogen-bond acceptors (Lipinski definition) is 5. The first kappa shape index (κ1) is 28.7. The summed E-state index contributed by atoms with van der Waals surface area (Å²) in [4.78, 5) is 30.2. The number of carbonyl (C=O) groups excluding carboxylic acids is 1. The summed E-state index contributed by atoms with van der Waals surface area (Å²) in [6.07, 6.45) is 7.30. The lowest BCUT2D eigenvalue weighted by molar-refractivity contribution is -0.166. The predicted octanol–water partition coefficient (Wildman–Crippen LogP) is 6.56. The molecular weight excluding hydrogens is 516 g/mol. The fraction of sp³-hybridized carbons (Fsp3) is 0.281. The van der Waals surface area contributed by atoms with Crippen molar-refractivity contribution in [3.63, 3.8) is 0 Å². The van der Waals surface area contributed by atoms with E-state index in [0.29, 0.717) is 35.5 Å². The Kier molecular flexibility index (Phi) is 8.47. The van der Waals surface area contributed by atoms with Crippen molar-refractivity contribution < 1.29 is 33.0 Å². The topological polar surface area (TPSA) is 85.2 Å². The number of benzene rings is 3. The SMILES string of the molecule is COc1cc(C(=O)C(c2ccc(C(F)(F)C(=O)O)cc2)C2(CCCc3ccccc3)C=CC=N2)cc(OC)c1C. The minimum atomic E-state index is -4.06. The van der Waals surface area contributed by atoms with Crippen LogP contribution in [0, 0.1) is 6.92 Å². The number of carboxylic acids is 1. The monoisotopic (exact) mass is 547 g/mol. The van der Waals surface area contributed by atoms with Crippen LogP contribution in [-0.2, 0) is 17.1 Å². The lowest BCUT2D eigenvalue weighted by Crippen LogP contribution is -2.37. The van der Waals surface area contributed by atoms with E-state index in [4.69, 9.17) is 19.6 Å². The fourth-order valence-electron chi connectivity index (χ4n) is 5.19. The van der Waals surface area contributed by atoms with Crippen molar-refractivity contribution in [2.24, 2.45) is 4.99 Å². The van der Waals surface area contributed by atoms with E-state index in [1.807, 2.05) is 43.3 Å². The Morgan fingerprint density at radius 1 is 1.00 bits per heavy atom. The van der Waals surface area contributed by atoms with Crippen LogP contribution in [0.1, 0.15) is 51.4 Å². The van der Waals surface area contributed by atoms with E-state index in [9.17, 15) is 18.4 Å². The summed E-state index contributed by atoms with van der Waals surface area (Å²) in [5.41, 5.74) is 0.999. The number of nitrogens with zero attached hydrogens (tertiary/aromatic N) is 1. The number of rotatable bonds is 12. The van der Waals surface area contributed by atoms with Gasteiger partial charge in [0.2, 0.25) is 0 Å². The molecule has 0 fully saturated rings. The molecule has 0 saturated heterocycles. The Morgan fingerprint density at radius 3 is 2.15 bits per heavy atom. The lowest BCUT2D eigenvalue weighted by Gasteiger charge is -2.34. The molecule has 208 valence electrons. The van der Waals surface area contributed by atoms with Crippen LogP contribution < -0.4 is 9.47 Å². The smallest absolute Gasteiger partial charge is 0.379 e. The minimum Gasteiger partial charge on any atom is -0.496 e. The molecule has 3 aromatic rings. The molecule has 1 heterocycles. The van der Waals surface area contributed by atoms with Gasteiger partial charge in [-0.3, -0.25) is 9.79 Å². The third-order valence-electron chi connectivity index (χ3n) is 7.35. The van der Waals surface area contributed by atoms with Gasteiger partial charge in [-0.15, -0.1) is 0 Å². The van der Waals surface area contributed by atoms with Crippen LogP contribution in [0.3, 0.4) is 0 Å². The number of alkyl halides is 2. The van der Waals surface area contributed by atoms with E-state index in [1.54, 1.807) is 24.4 Å². The zero-order valence-corrected chi connectivity index (χ0v) is 22.6. The molecule has 0 radical (unpaired) electrons. The Morgan fingerprint density at radius 2 is 1.62 bits per heavy atom. The number of allylic oxidation sites excluding steroid dienone is 1. The summed E-state index contributed by atoms with van der Waals surface area (Å²) < 4.78 is 39.4. The summed E-state index contributed by atoms with van der Waals surface area (Å²) in [6.45, 7) is 1.82. The van der Waals surface area contributed by atoms with Crippen LogP contribution in [0.15, 0.2) is 83.9 Å². The van der Waals surface area contributed by atoms with E-state index < -0.39 is 28.9 Å². The van der Waals surface area contributed by atoms with E-state index in [0.717, 1.165) is 29.7 Å². The van der Waals surface area contributed by atoms with Crippen molar-refractivity contribution in [2.75, 3.05) is 14.2 Å². The third kappa shape index (κ3) is 5.66. The summed E-state index contributed by atoms with van der Waals surface area (Å²) in [5.74, 6) is -6.54. The Balaban J connectivity index is 1.79. The molecule has 0 amide bonds. The predicted molar refractivity (Wildman–Crippen MR) is 149 cm³/mol. The maximum atomic E-state index is 14.3. The number of halogens is 2. The van der Waals surface area contributed by atoms with Crippen LogP contribution in [0.5, 0.6) is 11.5 Å². The highest BCUT2D eigenvalue weighted by atomic mass is 19.3. The summed E-state index contributed by atoms with van der Waals surface area (Å²) in [5, 5.41) is 8.98. The summed E-state index contributed by atoms with van der Waals surface area (Å²) >= 11 is 0. The summed E-state index contributed by atoms with van der Waals surface area (Å²) in [7, 11) is 3.01. The largest absolute Gasteiger partial charge is 0.496 e. The van der Waals surface area contributed by atoms with Gasteiger partial charge in [-0.2, -0.15) is 8.78 Å². The summed E-state index contributed by atoms with van der Waals surface area (Å²) in [6, 6.07) is 18.1. The maximum absolute atomic E-state index is 14.3. The van der Waals surface area contributed by atoms with Crippen LogP contribution in [0.25, 0.3) is 0 Å². The van der Waals surface area contributed by atoms with Gasteiger partial charge in [0.25, 0.3) is 0 Å². The molecule has 1 aliphatic heterocycles. The number of aryl methyl sites for hydroxylation is 1. The molecule has 0 spiro atoms. The molecular formula is C32H31F2NO5. The highest BCUT2D eigenvalue weighted by Crippen LogP contribution is 2.43. The highest BCUT2D eigenvalue weighted by Gasteiger charge is 2.45. The van der Waals surface area contributed by atoms with Gasteiger partial charge in [-0.05, 0) is 55.5 Å². The van der Waals surface area contributed by atoms with Gasteiger partial charge >= 0.3 is 11.9 Å². The third-order valence-corrected chi connectivity index (χ3v) is 7.35. The number of ether oxygens (including phenoxy) is 2. The van der Waals surface area contributed by atoms with E-state index in [2.05, 4.69) is 0 Å². The number of hydrogen-bond donors (Lipinski definition) is 1. The standard InChI is InChI=1S/C32H31F2NO5/c1-21-26(39-2)19-24(20-27(21)40-3)29(36)28(23-12-14-25(15-13-23)32(33,34)30(37)38)31(17-8-18-35-31)16-7-11-22-9-5-4-6-10-22/h4-6,8-10,12-15,17-20,28H,7,11,16H2,1-3H3,(H,37,38). The Hall–Kier alpha value is -4.33. The molecule has 0 bridgehead atoms. The second kappa shape index (κ2) is 11.8. The number of Topliss-reactive ketones (excluding diaryl/α,β-unsaturated/α-hetero) is 1. The van der Waals surface area contributed by atoms with E-state index >= 15 is 0 Å². The zero-order valence-electron chi connectivity index (χ0n) is 22.6. The quantitative estimate of drug-likeness (QED) is 0.260. The molecule has 6 nitrogen and oxygen atoms in total. The average molecular weight is 548 g/mol. The first-order chi connectivity index (χ1) is 19.1. The molecule has 2 unspecified atom stereocenters. The fourth-order valence-corrected chi connectivity index (χ4v) is 5.19.